The normalized spacial score (nSPS) is 13.4. The monoisotopic (exact) mass is 219 g/mol. The van der Waals surface area contributed by atoms with Gasteiger partial charge in [0.05, 0.1) is 6.42 Å². The van der Waals surface area contributed by atoms with E-state index in [2.05, 4.69) is 5.32 Å². The lowest BCUT2D eigenvalue weighted by Crippen LogP contribution is -2.03. The third-order valence-corrected chi connectivity index (χ3v) is 2.77. The molecule has 1 amide bonds. The highest BCUT2D eigenvalue weighted by atomic mass is 16.4. The summed E-state index contributed by atoms with van der Waals surface area (Å²) in [7, 11) is 0. The number of carboxylic acid groups (broad SMARTS) is 1. The van der Waals surface area contributed by atoms with Crippen LogP contribution in [0.3, 0.4) is 0 Å². The molecule has 2 rings (SSSR count). The number of carbonyl (C=O) groups is 2. The number of benzene rings is 1. The van der Waals surface area contributed by atoms with Crippen LogP contribution in [-0.2, 0) is 22.4 Å². The van der Waals surface area contributed by atoms with E-state index in [4.69, 9.17) is 5.11 Å². The molecule has 0 aromatic heterocycles. The van der Waals surface area contributed by atoms with Gasteiger partial charge in [-0.3, -0.25) is 9.59 Å². The number of aryl methyl sites for hydroxylation is 2. The topological polar surface area (TPSA) is 66.4 Å². The lowest BCUT2D eigenvalue weighted by Gasteiger charge is -2.06. The Labute approximate surface area is 93.3 Å². The summed E-state index contributed by atoms with van der Waals surface area (Å²) >= 11 is 0. The smallest absolute Gasteiger partial charge is 0.303 e. The summed E-state index contributed by atoms with van der Waals surface area (Å²) in [5.74, 6) is -0.796. The summed E-state index contributed by atoms with van der Waals surface area (Å²) in [5.41, 5.74) is 3.88. The van der Waals surface area contributed by atoms with Crippen molar-refractivity contribution in [3.63, 3.8) is 0 Å². The number of hydrogen-bond donors (Lipinski definition) is 2. The first-order chi connectivity index (χ1) is 7.56. The van der Waals surface area contributed by atoms with Crippen molar-refractivity contribution in [3.05, 3.63) is 28.8 Å². The highest BCUT2D eigenvalue weighted by molar-refractivity contribution is 5.99. The largest absolute Gasteiger partial charge is 0.481 e. The molecule has 0 atom stereocenters. The average molecular weight is 219 g/mol. The van der Waals surface area contributed by atoms with Crippen molar-refractivity contribution in [2.24, 2.45) is 0 Å². The van der Waals surface area contributed by atoms with Gasteiger partial charge in [-0.1, -0.05) is 6.07 Å². The Hall–Kier alpha value is -1.84. The SMILES string of the molecule is Cc1cc(CCC(=O)O)cc2c1CC(=O)N2. The summed E-state index contributed by atoms with van der Waals surface area (Å²) in [6, 6.07) is 3.83. The molecular formula is C12H13NO3. The molecule has 16 heavy (non-hydrogen) atoms. The van der Waals surface area contributed by atoms with Crippen molar-refractivity contribution < 1.29 is 14.7 Å². The number of nitrogens with one attached hydrogen (secondary N) is 1. The van der Waals surface area contributed by atoms with Gasteiger partial charge in [-0.15, -0.1) is 0 Å². The van der Waals surface area contributed by atoms with Gasteiger partial charge in [-0.05, 0) is 36.1 Å². The molecule has 84 valence electrons. The van der Waals surface area contributed by atoms with E-state index >= 15 is 0 Å². The van der Waals surface area contributed by atoms with Crippen LogP contribution in [0.5, 0.6) is 0 Å². The molecule has 0 spiro atoms. The minimum atomic E-state index is -0.804. The van der Waals surface area contributed by atoms with E-state index in [-0.39, 0.29) is 12.3 Å². The van der Waals surface area contributed by atoms with Gasteiger partial charge < -0.3 is 10.4 Å². The van der Waals surface area contributed by atoms with Gasteiger partial charge in [-0.2, -0.15) is 0 Å². The molecule has 0 bridgehead atoms. The number of amides is 1. The third kappa shape index (κ3) is 2.05. The van der Waals surface area contributed by atoms with E-state index in [1.165, 1.54) is 0 Å². The van der Waals surface area contributed by atoms with Crippen LogP contribution >= 0.6 is 0 Å². The molecule has 1 aliphatic heterocycles. The van der Waals surface area contributed by atoms with Crippen molar-refractivity contribution in [2.45, 2.75) is 26.2 Å². The summed E-state index contributed by atoms with van der Waals surface area (Å²) in [5, 5.41) is 11.4. The van der Waals surface area contributed by atoms with Gasteiger partial charge >= 0.3 is 5.97 Å². The second kappa shape index (κ2) is 3.96. The zero-order valence-corrected chi connectivity index (χ0v) is 9.04. The van der Waals surface area contributed by atoms with E-state index in [1.54, 1.807) is 0 Å². The lowest BCUT2D eigenvalue weighted by molar-refractivity contribution is -0.137. The summed E-state index contributed by atoms with van der Waals surface area (Å²) in [6.07, 6.45) is 1.05. The van der Waals surface area contributed by atoms with Crippen molar-refractivity contribution in [3.8, 4) is 0 Å². The number of aliphatic carboxylic acids is 1. The summed E-state index contributed by atoms with van der Waals surface area (Å²) in [4.78, 5) is 21.7. The fourth-order valence-electron chi connectivity index (χ4n) is 1.99. The van der Waals surface area contributed by atoms with E-state index in [1.807, 2.05) is 19.1 Å². The van der Waals surface area contributed by atoms with Gasteiger partial charge in [0.25, 0.3) is 0 Å². The van der Waals surface area contributed by atoms with Gasteiger partial charge in [0.1, 0.15) is 0 Å². The predicted octanol–water partition coefficient (Wildman–Crippen LogP) is 1.51. The van der Waals surface area contributed by atoms with Crippen LogP contribution in [0.2, 0.25) is 0 Å². The fourth-order valence-corrected chi connectivity index (χ4v) is 1.99. The van der Waals surface area contributed by atoms with Crippen LogP contribution in [0, 0.1) is 6.92 Å². The number of hydrogen-bond acceptors (Lipinski definition) is 2. The van der Waals surface area contributed by atoms with Gasteiger partial charge in [0, 0.05) is 12.1 Å². The molecule has 1 aromatic rings. The lowest BCUT2D eigenvalue weighted by atomic mass is 10.00. The number of anilines is 1. The van der Waals surface area contributed by atoms with Crippen molar-refractivity contribution in [1.29, 1.82) is 0 Å². The maximum Gasteiger partial charge on any atom is 0.303 e. The number of fused-ring (bicyclic) bond motifs is 1. The maximum atomic E-state index is 11.2. The van der Waals surface area contributed by atoms with Gasteiger partial charge in [0.15, 0.2) is 0 Å². The zero-order chi connectivity index (χ0) is 11.7. The number of carboxylic acids is 1. The second-order valence-corrected chi connectivity index (χ2v) is 4.06. The molecule has 1 aliphatic rings. The van der Waals surface area contributed by atoms with Gasteiger partial charge in [0.2, 0.25) is 5.91 Å². The summed E-state index contributed by atoms with van der Waals surface area (Å²) in [6.45, 7) is 1.95. The van der Waals surface area contributed by atoms with Crippen LogP contribution in [0.15, 0.2) is 12.1 Å². The molecule has 0 fully saturated rings. The molecular weight excluding hydrogens is 206 g/mol. The highest BCUT2D eigenvalue weighted by Gasteiger charge is 2.20. The van der Waals surface area contributed by atoms with E-state index in [0.717, 1.165) is 22.4 Å². The molecule has 0 radical (unpaired) electrons. The molecule has 0 unspecified atom stereocenters. The van der Waals surface area contributed by atoms with Crippen LogP contribution < -0.4 is 5.32 Å². The fraction of sp³-hybridized carbons (Fsp3) is 0.333. The Bertz CT molecular complexity index is 466. The third-order valence-electron chi connectivity index (χ3n) is 2.77. The first-order valence-corrected chi connectivity index (χ1v) is 5.20. The molecule has 2 N–H and O–H groups in total. The standard InChI is InChI=1S/C12H13NO3/c1-7-4-8(2-3-12(15)16)5-10-9(7)6-11(14)13-10/h4-5H,2-3,6H2,1H3,(H,13,14)(H,15,16). The molecule has 1 aromatic carbocycles. The Morgan fingerprint density at radius 1 is 1.50 bits per heavy atom. The first kappa shape index (κ1) is 10.7. The van der Waals surface area contributed by atoms with E-state index in [9.17, 15) is 9.59 Å². The van der Waals surface area contributed by atoms with Crippen LogP contribution in [-0.4, -0.2) is 17.0 Å². The molecule has 0 saturated carbocycles. The van der Waals surface area contributed by atoms with Crippen LogP contribution in [0.4, 0.5) is 5.69 Å². The highest BCUT2D eigenvalue weighted by Crippen LogP contribution is 2.28. The van der Waals surface area contributed by atoms with Crippen LogP contribution in [0.25, 0.3) is 0 Å². The number of carbonyl (C=O) groups excluding carboxylic acids is 1. The van der Waals surface area contributed by atoms with Crippen LogP contribution in [0.1, 0.15) is 23.1 Å². The van der Waals surface area contributed by atoms with E-state index < -0.39 is 5.97 Å². The quantitative estimate of drug-likeness (QED) is 0.809. The first-order valence-electron chi connectivity index (χ1n) is 5.20. The van der Waals surface area contributed by atoms with Crippen molar-refractivity contribution in [2.75, 3.05) is 5.32 Å². The molecule has 4 nitrogen and oxygen atoms in total. The van der Waals surface area contributed by atoms with Crippen molar-refractivity contribution in [1.82, 2.24) is 0 Å². The summed E-state index contributed by atoms with van der Waals surface area (Å²) < 4.78 is 0. The Kier molecular flexibility index (Phi) is 2.64. The molecule has 0 saturated heterocycles. The molecule has 4 heteroatoms. The number of rotatable bonds is 3. The van der Waals surface area contributed by atoms with E-state index in [0.29, 0.717) is 12.8 Å². The average Bonchev–Trinajstić information content (AvgIpc) is 2.56. The zero-order valence-electron chi connectivity index (χ0n) is 9.04. The Morgan fingerprint density at radius 3 is 2.94 bits per heavy atom. The molecule has 1 heterocycles. The predicted molar refractivity (Wildman–Crippen MR) is 59.5 cm³/mol. The minimum Gasteiger partial charge on any atom is -0.481 e. The second-order valence-electron chi connectivity index (χ2n) is 4.06. The molecule has 0 aliphatic carbocycles. The minimum absolute atomic E-state index is 0.00786. The van der Waals surface area contributed by atoms with Crippen molar-refractivity contribution >= 4 is 17.6 Å². The van der Waals surface area contributed by atoms with Gasteiger partial charge in [-0.25, -0.2) is 0 Å². The maximum absolute atomic E-state index is 11.2. The Balaban J connectivity index is 2.24. The Morgan fingerprint density at radius 2 is 2.25 bits per heavy atom.